The Balaban J connectivity index is 3.08. The second-order valence-corrected chi connectivity index (χ2v) is 3.48. The third-order valence-electron chi connectivity index (χ3n) is 1.68. The molecule has 0 bridgehead atoms. The van der Waals surface area contributed by atoms with Crippen LogP contribution in [0.25, 0.3) is 6.08 Å². The van der Waals surface area contributed by atoms with Gasteiger partial charge in [-0.3, -0.25) is 0 Å². The standard InChI is InChI=1S/C10H10ClFS/c1-7-5-9(11)8(3-2-4-13)6-10(7)12/h2-3,5-6,13H,4H2,1H3. The van der Waals surface area contributed by atoms with Crippen LogP contribution in [0.5, 0.6) is 0 Å². The molecule has 0 heterocycles. The number of aryl methyl sites for hydroxylation is 1. The van der Waals surface area contributed by atoms with E-state index in [4.69, 9.17) is 11.6 Å². The zero-order valence-corrected chi connectivity index (χ0v) is 8.87. The fraction of sp³-hybridized carbons (Fsp3) is 0.200. The van der Waals surface area contributed by atoms with Gasteiger partial charge < -0.3 is 0 Å². The molecule has 13 heavy (non-hydrogen) atoms. The van der Waals surface area contributed by atoms with Gasteiger partial charge in [-0.15, -0.1) is 0 Å². The van der Waals surface area contributed by atoms with E-state index in [-0.39, 0.29) is 5.82 Å². The molecule has 0 aliphatic heterocycles. The van der Waals surface area contributed by atoms with Gasteiger partial charge in [0, 0.05) is 10.8 Å². The monoisotopic (exact) mass is 216 g/mol. The largest absolute Gasteiger partial charge is 0.207 e. The van der Waals surface area contributed by atoms with Crippen molar-refractivity contribution >= 4 is 30.3 Å². The fourth-order valence-corrected chi connectivity index (χ4v) is 1.36. The number of thiol groups is 1. The highest BCUT2D eigenvalue weighted by Gasteiger charge is 2.02. The molecule has 1 aromatic carbocycles. The Labute approximate surface area is 87.8 Å². The molecule has 0 aliphatic rings. The number of hydrogen-bond acceptors (Lipinski definition) is 1. The SMILES string of the molecule is Cc1cc(Cl)c(C=CCS)cc1F. The van der Waals surface area contributed by atoms with E-state index in [0.29, 0.717) is 21.9 Å². The van der Waals surface area contributed by atoms with Crippen molar-refractivity contribution in [1.29, 1.82) is 0 Å². The van der Waals surface area contributed by atoms with Crippen LogP contribution in [0.1, 0.15) is 11.1 Å². The van der Waals surface area contributed by atoms with Crippen LogP contribution < -0.4 is 0 Å². The molecule has 0 saturated heterocycles. The molecule has 0 atom stereocenters. The van der Waals surface area contributed by atoms with Gasteiger partial charge in [-0.1, -0.05) is 23.8 Å². The van der Waals surface area contributed by atoms with Crippen LogP contribution in [0.4, 0.5) is 4.39 Å². The minimum atomic E-state index is -0.233. The van der Waals surface area contributed by atoms with E-state index in [1.165, 1.54) is 6.07 Å². The second kappa shape index (κ2) is 4.68. The molecule has 0 unspecified atom stereocenters. The van der Waals surface area contributed by atoms with Gasteiger partial charge in [-0.2, -0.15) is 12.6 Å². The van der Waals surface area contributed by atoms with Gasteiger partial charge in [-0.25, -0.2) is 4.39 Å². The van der Waals surface area contributed by atoms with E-state index in [1.807, 2.05) is 6.08 Å². The second-order valence-electron chi connectivity index (χ2n) is 2.71. The van der Waals surface area contributed by atoms with Crippen molar-refractivity contribution in [3.05, 3.63) is 40.2 Å². The van der Waals surface area contributed by atoms with Crippen LogP contribution in [0.15, 0.2) is 18.2 Å². The summed E-state index contributed by atoms with van der Waals surface area (Å²) in [6.45, 7) is 1.69. The van der Waals surface area contributed by atoms with E-state index in [9.17, 15) is 4.39 Å². The van der Waals surface area contributed by atoms with E-state index in [2.05, 4.69) is 12.6 Å². The van der Waals surface area contributed by atoms with Crippen molar-refractivity contribution in [3.63, 3.8) is 0 Å². The highest BCUT2D eigenvalue weighted by Crippen LogP contribution is 2.21. The topological polar surface area (TPSA) is 0 Å². The van der Waals surface area contributed by atoms with E-state index >= 15 is 0 Å². The first-order valence-corrected chi connectivity index (χ1v) is 4.89. The molecular weight excluding hydrogens is 207 g/mol. The number of halogens is 2. The maximum Gasteiger partial charge on any atom is 0.126 e. The lowest BCUT2D eigenvalue weighted by atomic mass is 10.1. The van der Waals surface area contributed by atoms with E-state index in [0.717, 1.165) is 0 Å². The average Bonchev–Trinajstić information content (AvgIpc) is 2.09. The van der Waals surface area contributed by atoms with Gasteiger partial charge >= 0.3 is 0 Å². The summed E-state index contributed by atoms with van der Waals surface area (Å²) in [4.78, 5) is 0. The zero-order chi connectivity index (χ0) is 9.84. The van der Waals surface area contributed by atoms with Crippen molar-refractivity contribution in [3.8, 4) is 0 Å². The minimum Gasteiger partial charge on any atom is -0.207 e. The summed E-state index contributed by atoms with van der Waals surface area (Å²) in [6, 6.07) is 3.05. The molecule has 0 amide bonds. The normalized spacial score (nSPS) is 11.1. The molecule has 0 aliphatic carbocycles. The first kappa shape index (κ1) is 10.6. The zero-order valence-electron chi connectivity index (χ0n) is 7.22. The first-order chi connectivity index (χ1) is 6.15. The number of rotatable bonds is 2. The predicted octanol–water partition coefficient (Wildman–Crippen LogP) is 3.73. The van der Waals surface area contributed by atoms with Gasteiger partial charge in [0.2, 0.25) is 0 Å². The maximum absolute atomic E-state index is 13.1. The van der Waals surface area contributed by atoms with Crippen LogP contribution >= 0.6 is 24.2 Å². The lowest BCUT2D eigenvalue weighted by molar-refractivity contribution is 0.618. The molecule has 0 N–H and O–H groups in total. The lowest BCUT2D eigenvalue weighted by Gasteiger charge is -2.01. The van der Waals surface area contributed by atoms with Crippen LogP contribution in [-0.4, -0.2) is 5.75 Å². The van der Waals surface area contributed by atoms with E-state index < -0.39 is 0 Å². The number of hydrogen-bond donors (Lipinski definition) is 1. The molecule has 0 aromatic heterocycles. The summed E-state index contributed by atoms with van der Waals surface area (Å²) in [7, 11) is 0. The van der Waals surface area contributed by atoms with Gasteiger partial charge in [0.15, 0.2) is 0 Å². The molecule has 1 rings (SSSR count). The van der Waals surface area contributed by atoms with Gasteiger partial charge in [0.25, 0.3) is 0 Å². The highest BCUT2D eigenvalue weighted by atomic mass is 35.5. The summed E-state index contributed by atoms with van der Waals surface area (Å²) in [6.07, 6.45) is 3.58. The lowest BCUT2D eigenvalue weighted by Crippen LogP contribution is -1.85. The highest BCUT2D eigenvalue weighted by molar-refractivity contribution is 7.80. The van der Waals surface area contributed by atoms with Gasteiger partial charge in [-0.05, 0) is 30.2 Å². The molecule has 70 valence electrons. The molecular formula is C10H10ClFS. The van der Waals surface area contributed by atoms with Crippen molar-refractivity contribution in [1.82, 2.24) is 0 Å². The third-order valence-corrected chi connectivity index (χ3v) is 2.22. The Hall–Kier alpha value is -0.470. The Morgan fingerprint density at radius 1 is 1.54 bits per heavy atom. The molecule has 0 radical (unpaired) electrons. The van der Waals surface area contributed by atoms with Crippen LogP contribution in [0, 0.1) is 12.7 Å². The summed E-state index contributed by atoms with van der Waals surface area (Å²) in [5.41, 5.74) is 1.26. The Bertz CT molecular complexity index is 334. The van der Waals surface area contributed by atoms with Crippen molar-refractivity contribution in [2.75, 3.05) is 5.75 Å². The molecule has 0 fully saturated rings. The summed E-state index contributed by atoms with van der Waals surface area (Å²) >= 11 is 9.90. The van der Waals surface area contributed by atoms with Crippen LogP contribution in [-0.2, 0) is 0 Å². The van der Waals surface area contributed by atoms with Crippen LogP contribution in [0.2, 0.25) is 5.02 Å². The van der Waals surface area contributed by atoms with E-state index in [1.54, 1.807) is 19.1 Å². The first-order valence-electron chi connectivity index (χ1n) is 3.88. The molecule has 1 aromatic rings. The maximum atomic E-state index is 13.1. The quantitative estimate of drug-likeness (QED) is 0.716. The molecule has 0 nitrogen and oxygen atoms in total. The third kappa shape index (κ3) is 2.75. The predicted molar refractivity (Wildman–Crippen MR) is 59.0 cm³/mol. The fourth-order valence-electron chi connectivity index (χ4n) is 0.969. The number of benzene rings is 1. The van der Waals surface area contributed by atoms with Gasteiger partial charge in [0.1, 0.15) is 5.82 Å². The summed E-state index contributed by atoms with van der Waals surface area (Å²) in [5, 5.41) is 0.567. The average molecular weight is 217 g/mol. The molecule has 3 heteroatoms. The molecule has 0 saturated carbocycles. The summed E-state index contributed by atoms with van der Waals surface area (Å²) in [5.74, 6) is 0.384. The molecule has 0 spiro atoms. The van der Waals surface area contributed by atoms with Crippen molar-refractivity contribution in [2.45, 2.75) is 6.92 Å². The summed E-state index contributed by atoms with van der Waals surface area (Å²) < 4.78 is 13.1. The Kier molecular flexibility index (Phi) is 3.82. The van der Waals surface area contributed by atoms with Crippen LogP contribution in [0.3, 0.4) is 0 Å². The Morgan fingerprint density at radius 3 is 2.85 bits per heavy atom. The van der Waals surface area contributed by atoms with Gasteiger partial charge in [0.05, 0.1) is 0 Å². The van der Waals surface area contributed by atoms with Crippen molar-refractivity contribution in [2.24, 2.45) is 0 Å². The minimum absolute atomic E-state index is 0.233. The smallest absolute Gasteiger partial charge is 0.126 e. The Morgan fingerprint density at radius 2 is 2.23 bits per heavy atom. The van der Waals surface area contributed by atoms with Crippen molar-refractivity contribution < 1.29 is 4.39 Å².